The number of hydrogen-bond acceptors (Lipinski definition) is 4. The summed E-state index contributed by atoms with van der Waals surface area (Å²) in [5, 5.41) is 5.03. The summed E-state index contributed by atoms with van der Waals surface area (Å²) >= 11 is 3.50. The van der Waals surface area contributed by atoms with Gasteiger partial charge >= 0.3 is 5.97 Å². The first-order chi connectivity index (χ1) is 10.1. The summed E-state index contributed by atoms with van der Waals surface area (Å²) in [6.45, 7) is 2.01. The largest absolute Gasteiger partial charge is 0.464 e. The zero-order valence-corrected chi connectivity index (χ0v) is 13.1. The van der Waals surface area contributed by atoms with Gasteiger partial charge in [-0.25, -0.2) is 14.5 Å². The van der Waals surface area contributed by atoms with E-state index in [0.29, 0.717) is 11.0 Å². The molecule has 0 amide bonds. The molecule has 0 aliphatic heterocycles. The lowest BCUT2D eigenvalue weighted by atomic mass is 10.2. The second-order valence-corrected chi connectivity index (χ2v) is 5.41. The molecular weight excluding hydrogens is 334 g/mol. The standard InChI is InChI=1S/C15H12BrN3O2/c1-9-5-6-10(8-12(9)16)19-14-11(4-3-7-17-14)13(18-19)15(20)21-2/h3-8H,1-2H3. The minimum Gasteiger partial charge on any atom is -0.464 e. The quantitative estimate of drug-likeness (QED) is 0.669. The molecule has 6 heteroatoms. The van der Waals surface area contributed by atoms with E-state index in [-0.39, 0.29) is 5.69 Å². The molecule has 1 aromatic carbocycles. The summed E-state index contributed by atoms with van der Waals surface area (Å²) in [5.74, 6) is -0.474. The number of hydrogen-bond donors (Lipinski definition) is 0. The van der Waals surface area contributed by atoms with Crippen LogP contribution in [0.5, 0.6) is 0 Å². The summed E-state index contributed by atoms with van der Waals surface area (Å²) in [6, 6.07) is 9.43. The maximum atomic E-state index is 11.9. The van der Waals surface area contributed by atoms with Crippen LogP contribution in [-0.4, -0.2) is 27.8 Å². The van der Waals surface area contributed by atoms with Gasteiger partial charge in [-0.05, 0) is 36.8 Å². The topological polar surface area (TPSA) is 57.0 Å². The van der Waals surface area contributed by atoms with Crippen LogP contribution in [0, 0.1) is 6.92 Å². The van der Waals surface area contributed by atoms with Gasteiger partial charge in [0.1, 0.15) is 0 Å². The van der Waals surface area contributed by atoms with Crippen LogP contribution in [0.4, 0.5) is 0 Å². The molecule has 0 aliphatic carbocycles. The molecule has 0 saturated heterocycles. The molecule has 0 aliphatic rings. The highest BCUT2D eigenvalue weighted by atomic mass is 79.9. The van der Waals surface area contributed by atoms with Crippen molar-refractivity contribution >= 4 is 32.9 Å². The van der Waals surface area contributed by atoms with Gasteiger partial charge in [0.2, 0.25) is 0 Å². The van der Waals surface area contributed by atoms with E-state index in [0.717, 1.165) is 15.7 Å². The first-order valence-electron chi connectivity index (χ1n) is 6.30. The first-order valence-corrected chi connectivity index (χ1v) is 7.09. The van der Waals surface area contributed by atoms with Gasteiger partial charge in [0, 0.05) is 10.7 Å². The van der Waals surface area contributed by atoms with Crippen molar-refractivity contribution in [1.29, 1.82) is 0 Å². The lowest BCUT2D eigenvalue weighted by Gasteiger charge is -2.05. The van der Waals surface area contributed by atoms with Crippen molar-refractivity contribution in [2.24, 2.45) is 0 Å². The fraction of sp³-hybridized carbons (Fsp3) is 0.133. The first kappa shape index (κ1) is 13.8. The summed E-state index contributed by atoms with van der Waals surface area (Å²) in [5.41, 5.74) is 2.83. The number of benzene rings is 1. The lowest BCUT2D eigenvalue weighted by Crippen LogP contribution is -2.04. The maximum absolute atomic E-state index is 11.9. The van der Waals surface area contributed by atoms with E-state index in [4.69, 9.17) is 4.74 Å². The summed E-state index contributed by atoms with van der Waals surface area (Å²) < 4.78 is 7.40. The summed E-state index contributed by atoms with van der Waals surface area (Å²) in [7, 11) is 1.34. The smallest absolute Gasteiger partial charge is 0.359 e. The highest BCUT2D eigenvalue weighted by Gasteiger charge is 2.19. The molecule has 0 saturated carbocycles. The van der Waals surface area contributed by atoms with Gasteiger partial charge < -0.3 is 4.74 Å². The van der Waals surface area contributed by atoms with Crippen LogP contribution < -0.4 is 0 Å². The molecule has 5 nitrogen and oxygen atoms in total. The van der Waals surface area contributed by atoms with Gasteiger partial charge in [0.05, 0.1) is 18.2 Å². The number of rotatable bonds is 2. The monoisotopic (exact) mass is 345 g/mol. The third-order valence-corrected chi connectivity index (χ3v) is 4.08. The molecule has 2 heterocycles. The number of fused-ring (bicyclic) bond motifs is 1. The van der Waals surface area contributed by atoms with Gasteiger partial charge in [-0.3, -0.25) is 0 Å². The van der Waals surface area contributed by atoms with Crippen LogP contribution in [0.3, 0.4) is 0 Å². The van der Waals surface area contributed by atoms with E-state index in [1.165, 1.54) is 7.11 Å². The number of nitrogens with zero attached hydrogens (tertiary/aromatic N) is 3. The number of carbonyl (C=O) groups is 1. The predicted octanol–water partition coefficient (Wildman–Crippen LogP) is 3.28. The number of ether oxygens (including phenoxy) is 1. The SMILES string of the molecule is COC(=O)c1nn(-c2ccc(C)c(Br)c2)c2ncccc12. The lowest BCUT2D eigenvalue weighted by molar-refractivity contribution is 0.0595. The molecule has 0 fully saturated rings. The molecule has 0 bridgehead atoms. The number of aromatic nitrogens is 3. The number of pyridine rings is 1. The Morgan fingerprint density at radius 1 is 1.33 bits per heavy atom. The summed E-state index contributed by atoms with van der Waals surface area (Å²) in [6.07, 6.45) is 1.67. The van der Waals surface area contributed by atoms with Crippen molar-refractivity contribution in [3.05, 3.63) is 52.3 Å². The second-order valence-electron chi connectivity index (χ2n) is 4.56. The third-order valence-electron chi connectivity index (χ3n) is 3.22. The second kappa shape index (κ2) is 5.29. The Labute approximate surface area is 129 Å². The van der Waals surface area contributed by atoms with Crippen LogP contribution in [0.15, 0.2) is 41.0 Å². The van der Waals surface area contributed by atoms with Crippen LogP contribution >= 0.6 is 15.9 Å². The number of halogens is 1. The van der Waals surface area contributed by atoms with Crippen LogP contribution in [0.2, 0.25) is 0 Å². The molecule has 0 radical (unpaired) electrons. The average Bonchev–Trinajstić information content (AvgIpc) is 2.89. The zero-order valence-electron chi connectivity index (χ0n) is 11.5. The van der Waals surface area contributed by atoms with E-state index in [2.05, 4.69) is 26.0 Å². The number of methoxy groups -OCH3 is 1. The minimum absolute atomic E-state index is 0.261. The van der Waals surface area contributed by atoms with Gasteiger partial charge in [-0.2, -0.15) is 5.10 Å². The highest BCUT2D eigenvalue weighted by molar-refractivity contribution is 9.10. The Balaban J connectivity index is 2.27. The molecule has 0 spiro atoms. The van der Waals surface area contributed by atoms with Crippen molar-refractivity contribution in [2.45, 2.75) is 6.92 Å². The van der Waals surface area contributed by atoms with Crippen LogP contribution in [-0.2, 0) is 4.74 Å². The number of carbonyl (C=O) groups excluding carboxylic acids is 1. The van der Waals surface area contributed by atoms with Gasteiger partial charge in [0.25, 0.3) is 0 Å². The van der Waals surface area contributed by atoms with Crippen molar-refractivity contribution < 1.29 is 9.53 Å². The van der Waals surface area contributed by atoms with Gasteiger partial charge in [0.15, 0.2) is 11.3 Å². The van der Waals surface area contributed by atoms with Crippen molar-refractivity contribution in [1.82, 2.24) is 14.8 Å². The molecule has 0 unspecified atom stereocenters. The Morgan fingerprint density at radius 2 is 2.14 bits per heavy atom. The van der Waals surface area contributed by atoms with E-state index in [1.807, 2.05) is 25.1 Å². The molecule has 3 rings (SSSR count). The van der Waals surface area contributed by atoms with Crippen molar-refractivity contribution in [2.75, 3.05) is 7.11 Å². The van der Waals surface area contributed by atoms with Crippen LogP contribution in [0.25, 0.3) is 16.7 Å². The predicted molar refractivity (Wildman–Crippen MR) is 82.6 cm³/mol. The highest BCUT2D eigenvalue weighted by Crippen LogP contribution is 2.24. The van der Waals surface area contributed by atoms with Gasteiger partial charge in [-0.15, -0.1) is 0 Å². The fourth-order valence-corrected chi connectivity index (χ4v) is 2.46. The number of aryl methyl sites for hydroxylation is 1. The molecule has 106 valence electrons. The Morgan fingerprint density at radius 3 is 2.86 bits per heavy atom. The van der Waals surface area contributed by atoms with Crippen LogP contribution in [0.1, 0.15) is 16.1 Å². The Bertz CT molecular complexity index is 842. The van der Waals surface area contributed by atoms with Gasteiger partial charge in [-0.1, -0.05) is 22.0 Å². The average molecular weight is 346 g/mol. The molecule has 3 aromatic rings. The molecule has 0 N–H and O–H groups in total. The maximum Gasteiger partial charge on any atom is 0.359 e. The summed E-state index contributed by atoms with van der Waals surface area (Å²) in [4.78, 5) is 16.2. The number of esters is 1. The third kappa shape index (κ3) is 2.31. The molecule has 0 atom stereocenters. The van der Waals surface area contributed by atoms with E-state index in [1.54, 1.807) is 23.0 Å². The fourth-order valence-electron chi connectivity index (χ4n) is 2.09. The normalized spacial score (nSPS) is 10.8. The van der Waals surface area contributed by atoms with E-state index < -0.39 is 5.97 Å². The Kier molecular flexibility index (Phi) is 3.47. The molecule has 2 aromatic heterocycles. The van der Waals surface area contributed by atoms with E-state index in [9.17, 15) is 4.79 Å². The van der Waals surface area contributed by atoms with Crippen molar-refractivity contribution in [3.8, 4) is 5.69 Å². The molecular formula is C15H12BrN3O2. The van der Waals surface area contributed by atoms with E-state index >= 15 is 0 Å². The van der Waals surface area contributed by atoms with Crippen molar-refractivity contribution in [3.63, 3.8) is 0 Å². The zero-order chi connectivity index (χ0) is 15.0. The molecule has 21 heavy (non-hydrogen) atoms. The minimum atomic E-state index is -0.474. The Hall–Kier alpha value is -2.21.